The topological polar surface area (TPSA) is 108 Å². The van der Waals surface area contributed by atoms with Gasteiger partial charge in [0.1, 0.15) is 0 Å². The predicted octanol–water partition coefficient (Wildman–Crippen LogP) is 1.19. The molecular formula is C20H21N5O5. The van der Waals surface area contributed by atoms with Crippen LogP contribution in [0.4, 0.5) is 0 Å². The van der Waals surface area contributed by atoms with E-state index < -0.39 is 5.97 Å². The van der Waals surface area contributed by atoms with Crippen molar-refractivity contribution in [2.75, 3.05) is 27.4 Å². The molecule has 2 aromatic heterocycles. The number of amides is 1. The molecule has 1 aliphatic rings. The number of esters is 1. The van der Waals surface area contributed by atoms with Crippen molar-refractivity contribution in [1.82, 2.24) is 24.5 Å². The Morgan fingerprint density at radius 2 is 1.87 bits per heavy atom. The van der Waals surface area contributed by atoms with E-state index in [1.54, 1.807) is 31.4 Å². The lowest BCUT2D eigenvalue weighted by Crippen LogP contribution is -2.38. The van der Waals surface area contributed by atoms with Gasteiger partial charge in [0.05, 0.1) is 14.2 Å². The molecule has 10 heteroatoms. The molecule has 1 aliphatic heterocycles. The molecule has 1 aromatic carbocycles. The highest BCUT2D eigenvalue weighted by Crippen LogP contribution is 2.33. The van der Waals surface area contributed by atoms with Crippen LogP contribution in [0.5, 0.6) is 11.5 Å². The molecular weight excluding hydrogens is 390 g/mol. The van der Waals surface area contributed by atoms with E-state index in [1.807, 2.05) is 19.1 Å². The van der Waals surface area contributed by atoms with Gasteiger partial charge in [-0.2, -0.15) is 4.98 Å². The minimum Gasteiger partial charge on any atom is -0.493 e. The number of aromatic nitrogens is 4. The van der Waals surface area contributed by atoms with Crippen LogP contribution in [-0.2, 0) is 22.5 Å². The van der Waals surface area contributed by atoms with E-state index in [9.17, 15) is 9.59 Å². The molecule has 30 heavy (non-hydrogen) atoms. The maximum absolute atomic E-state index is 12.6. The smallest absolute Gasteiger partial charge is 0.378 e. The first kappa shape index (κ1) is 19.6. The zero-order valence-corrected chi connectivity index (χ0v) is 16.9. The molecule has 3 heterocycles. The lowest BCUT2D eigenvalue weighted by Gasteiger charge is -2.29. The van der Waals surface area contributed by atoms with E-state index in [0.717, 1.165) is 16.8 Å². The number of ether oxygens (including phenoxy) is 3. The van der Waals surface area contributed by atoms with Gasteiger partial charge in [0.15, 0.2) is 18.1 Å². The van der Waals surface area contributed by atoms with Crippen LogP contribution in [0.1, 0.15) is 27.4 Å². The number of carbonyl (C=O) groups is 2. The molecule has 1 amide bonds. The number of hydrogen-bond acceptors (Lipinski definition) is 8. The monoisotopic (exact) mass is 411 g/mol. The van der Waals surface area contributed by atoms with E-state index in [4.69, 9.17) is 14.2 Å². The van der Waals surface area contributed by atoms with Crippen molar-refractivity contribution < 1.29 is 23.8 Å². The van der Waals surface area contributed by atoms with Gasteiger partial charge in [-0.05, 0) is 42.7 Å². The normalized spacial score (nSPS) is 13.1. The summed E-state index contributed by atoms with van der Waals surface area (Å²) in [6.45, 7) is 2.36. The summed E-state index contributed by atoms with van der Waals surface area (Å²) in [6.07, 6.45) is 2.26. The maximum atomic E-state index is 12.6. The summed E-state index contributed by atoms with van der Waals surface area (Å²) in [5.74, 6) is 0.378. The standard InChI is InChI=1S/C20H21N5O5/c1-12-4-6-21-20-22-18(23-25(12)20)19(27)30-11-17(26)24-7-5-13-8-15(28-2)16(29-3)9-14(13)10-24/h4,6,8-9H,5,7,10-11H2,1-3H3. The summed E-state index contributed by atoms with van der Waals surface area (Å²) < 4.78 is 17.3. The summed E-state index contributed by atoms with van der Waals surface area (Å²) in [5, 5.41) is 4.09. The first-order valence-corrected chi connectivity index (χ1v) is 9.37. The second-order valence-corrected chi connectivity index (χ2v) is 6.85. The summed E-state index contributed by atoms with van der Waals surface area (Å²) in [7, 11) is 3.16. The lowest BCUT2D eigenvalue weighted by atomic mass is 9.99. The maximum Gasteiger partial charge on any atom is 0.378 e. The Morgan fingerprint density at radius 1 is 1.13 bits per heavy atom. The van der Waals surface area contributed by atoms with Crippen LogP contribution in [0.3, 0.4) is 0 Å². The van der Waals surface area contributed by atoms with Gasteiger partial charge in [0.2, 0.25) is 0 Å². The average molecular weight is 411 g/mol. The Labute approximate surface area is 172 Å². The summed E-state index contributed by atoms with van der Waals surface area (Å²) in [4.78, 5) is 34.6. The third-order valence-electron chi connectivity index (χ3n) is 5.01. The van der Waals surface area contributed by atoms with Crippen molar-refractivity contribution in [2.24, 2.45) is 0 Å². The van der Waals surface area contributed by atoms with E-state index >= 15 is 0 Å². The molecule has 10 nitrogen and oxygen atoms in total. The van der Waals surface area contributed by atoms with Gasteiger partial charge in [-0.3, -0.25) is 4.79 Å². The molecule has 0 bridgehead atoms. The van der Waals surface area contributed by atoms with Gasteiger partial charge in [-0.25, -0.2) is 14.3 Å². The predicted molar refractivity (Wildman–Crippen MR) is 104 cm³/mol. The highest BCUT2D eigenvalue weighted by atomic mass is 16.5. The number of carbonyl (C=O) groups excluding carboxylic acids is 2. The van der Waals surface area contributed by atoms with Gasteiger partial charge in [-0.1, -0.05) is 0 Å². The van der Waals surface area contributed by atoms with E-state index in [0.29, 0.717) is 36.8 Å². The van der Waals surface area contributed by atoms with Crippen molar-refractivity contribution >= 4 is 17.7 Å². The molecule has 156 valence electrons. The Balaban J connectivity index is 1.41. The molecule has 0 unspecified atom stereocenters. The van der Waals surface area contributed by atoms with Crippen molar-refractivity contribution in [3.05, 3.63) is 47.0 Å². The van der Waals surface area contributed by atoms with E-state index in [1.165, 1.54) is 4.52 Å². The fraction of sp³-hybridized carbons (Fsp3) is 0.350. The van der Waals surface area contributed by atoms with Crippen molar-refractivity contribution in [2.45, 2.75) is 19.9 Å². The van der Waals surface area contributed by atoms with Crippen LogP contribution in [0, 0.1) is 6.92 Å². The van der Waals surface area contributed by atoms with Crippen molar-refractivity contribution in [3.8, 4) is 11.5 Å². The van der Waals surface area contributed by atoms with E-state index in [-0.39, 0.29) is 18.3 Å². The van der Waals surface area contributed by atoms with Gasteiger partial charge in [0, 0.05) is 25.0 Å². The number of methoxy groups -OCH3 is 2. The third kappa shape index (κ3) is 3.63. The Hall–Kier alpha value is -3.69. The molecule has 3 aromatic rings. The summed E-state index contributed by atoms with van der Waals surface area (Å²) in [6, 6.07) is 5.55. The molecule has 0 aliphatic carbocycles. The lowest BCUT2D eigenvalue weighted by molar-refractivity contribution is -0.135. The van der Waals surface area contributed by atoms with Gasteiger partial charge in [0.25, 0.3) is 17.5 Å². The van der Waals surface area contributed by atoms with Crippen LogP contribution < -0.4 is 9.47 Å². The second kappa shape index (κ2) is 7.97. The SMILES string of the molecule is COc1cc2c(cc1OC)CN(C(=O)COC(=O)c1nc3nccc(C)n3n1)CC2. The minimum atomic E-state index is -0.767. The van der Waals surface area contributed by atoms with Crippen LogP contribution in [-0.4, -0.2) is 63.7 Å². The Bertz CT molecular complexity index is 1130. The number of rotatable bonds is 5. The quantitative estimate of drug-likeness (QED) is 0.576. The molecule has 0 saturated heterocycles. The number of hydrogen-bond donors (Lipinski definition) is 0. The first-order valence-electron chi connectivity index (χ1n) is 9.37. The highest BCUT2D eigenvalue weighted by Gasteiger charge is 2.24. The van der Waals surface area contributed by atoms with Crippen LogP contribution in [0.15, 0.2) is 24.4 Å². The number of aryl methyl sites for hydroxylation is 1. The zero-order valence-electron chi connectivity index (χ0n) is 16.9. The summed E-state index contributed by atoms with van der Waals surface area (Å²) >= 11 is 0. The molecule has 0 fully saturated rings. The van der Waals surface area contributed by atoms with Crippen LogP contribution in [0.25, 0.3) is 5.78 Å². The van der Waals surface area contributed by atoms with Gasteiger partial charge >= 0.3 is 5.97 Å². The zero-order chi connectivity index (χ0) is 21.3. The van der Waals surface area contributed by atoms with Crippen LogP contribution >= 0.6 is 0 Å². The fourth-order valence-corrected chi connectivity index (χ4v) is 3.37. The molecule has 4 rings (SSSR count). The Kier molecular flexibility index (Phi) is 5.21. The molecule has 0 radical (unpaired) electrons. The fourth-order valence-electron chi connectivity index (χ4n) is 3.37. The number of fused-ring (bicyclic) bond motifs is 2. The highest BCUT2D eigenvalue weighted by molar-refractivity contribution is 5.88. The molecule has 0 N–H and O–H groups in total. The van der Waals surface area contributed by atoms with Crippen molar-refractivity contribution in [1.29, 1.82) is 0 Å². The minimum absolute atomic E-state index is 0.134. The third-order valence-corrected chi connectivity index (χ3v) is 5.01. The number of nitrogens with zero attached hydrogens (tertiary/aromatic N) is 5. The molecule has 0 saturated carbocycles. The molecule has 0 atom stereocenters. The van der Waals surface area contributed by atoms with E-state index in [2.05, 4.69) is 15.1 Å². The van der Waals surface area contributed by atoms with Gasteiger partial charge < -0.3 is 19.1 Å². The van der Waals surface area contributed by atoms with Gasteiger partial charge in [-0.15, -0.1) is 5.10 Å². The van der Waals surface area contributed by atoms with Crippen molar-refractivity contribution in [3.63, 3.8) is 0 Å². The first-order chi connectivity index (χ1) is 14.5. The Morgan fingerprint density at radius 3 is 2.57 bits per heavy atom. The number of benzene rings is 1. The van der Waals surface area contributed by atoms with Crippen LogP contribution in [0.2, 0.25) is 0 Å². The average Bonchev–Trinajstić information content (AvgIpc) is 3.21. The summed E-state index contributed by atoms with van der Waals surface area (Å²) in [5.41, 5.74) is 2.86. The molecule has 0 spiro atoms. The largest absolute Gasteiger partial charge is 0.493 e. The second-order valence-electron chi connectivity index (χ2n) is 6.85.